The van der Waals surface area contributed by atoms with E-state index in [1.807, 2.05) is 19.0 Å². The molecule has 0 radical (unpaired) electrons. The molecule has 0 bridgehead atoms. The summed E-state index contributed by atoms with van der Waals surface area (Å²) in [5.74, 6) is 1.38. The largest absolute Gasteiger partial charge is 0.508 e. The second-order valence-corrected chi connectivity index (χ2v) is 6.60. The zero-order valence-electron chi connectivity index (χ0n) is 16.1. The summed E-state index contributed by atoms with van der Waals surface area (Å²) < 4.78 is 16.5. The Morgan fingerprint density at radius 2 is 1.89 bits per heavy atom. The maximum absolute atomic E-state index is 13.4. The average Bonchev–Trinajstić information content (AvgIpc) is 2.99. The van der Waals surface area contributed by atoms with E-state index in [1.165, 1.54) is 7.11 Å². The van der Waals surface area contributed by atoms with Crippen LogP contribution in [0.1, 0.15) is 27.2 Å². The average molecular weight is 369 g/mol. The van der Waals surface area contributed by atoms with Crippen molar-refractivity contribution in [2.45, 2.75) is 13.5 Å². The molecule has 6 heteroatoms. The van der Waals surface area contributed by atoms with Gasteiger partial charge in [0.15, 0.2) is 0 Å². The second kappa shape index (κ2) is 7.32. The number of hydrogen-bond acceptors (Lipinski definition) is 6. The predicted molar refractivity (Wildman–Crippen MR) is 103 cm³/mol. The topological polar surface area (TPSA) is 72.1 Å². The van der Waals surface area contributed by atoms with E-state index in [2.05, 4.69) is 0 Å². The molecule has 0 saturated carbocycles. The fourth-order valence-corrected chi connectivity index (χ4v) is 3.24. The van der Waals surface area contributed by atoms with Crippen molar-refractivity contribution in [3.8, 4) is 17.2 Å². The highest BCUT2D eigenvalue weighted by Gasteiger charge is 2.26. The van der Waals surface area contributed by atoms with Gasteiger partial charge in [-0.25, -0.2) is 0 Å². The number of rotatable bonds is 6. The minimum absolute atomic E-state index is 0.128. The number of nitrogens with zero attached hydrogens (tertiary/aromatic N) is 1. The molecule has 0 atom stereocenters. The van der Waals surface area contributed by atoms with Gasteiger partial charge in [-0.05, 0) is 51.4 Å². The van der Waals surface area contributed by atoms with Crippen molar-refractivity contribution in [3.05, 3.63) is 52.8 Å². The first-order valence-corrected chi connectivity index (χ1v) is 8.52. The second-order valence-electron chi connectivity index (χ2n) is 6.60. The monoisotopic (exact) mass is 369 g/mol. The molecule has 0 spiro atoms. The molecule has 1 N–H and O–H groups in total. The first-order valence-electron chi connectivity index (χ1n) is 8.52. The lowest BCUT2D eigenvalue weighted by Gasteiger charge is -2.14. The van der Waals surface area contributed by atoms with Crippen LogP contribution >= 0.6 is 0 Å². The number of furan rings is 1. The fourth-order valence-electron chi connectivity index (χ4n) is 3.24. The summed E-state index contributed by atoms with van der Waals surface area (Å²) in [5.41, 5.74) is 2.01. The molecule has 1 heterocycles. The van der Waals surface area contributed by atoms with Gasteiger partial charge in [0.1, 0.15) is 28.6 Å². The number of hydrogen-bond donors (Lipinski definition) is 1. The van der Waals surface area contributed by atoms with Crippen molar-refractivity contribution in [2.75, 3.05) is 28.3 Å². The summed E-state index contributed by atoms with van der Waals surface area (Å²) in [6.07, 6.45) is 0. The number of phenols is 1. The lowest BCUT2D eigenvalue weighted by molar-refractivity contribution is 0.103. The van der Waals surface area contributed by atoms with E-state index in [4.69, 9.17) is 13.9 Å². The summed E-state index contributed by atoms with van der Waals surface area (Å²) in [6, 6.07) is 8.34. The van der Waals surface area contributed by atoms with E-state index >= 15 is 0 Å². The van der Waals surface area contributed by atoms with Crippen molar-refractivity contribution in [1.29, 1.82) is 0 Å². The molecule has 1 aromatic heterocycles. The number of carbonyl (C=O) groups is 1. The molecule has 0 aliphatic rings. The van der Waals surface area contributed by atoms with E-state index < -0.39 is 0 Å². The molecule has 2 aromatic carbocycles. The first kappa shape index (κ1) is 18.8. The van der Waals surface area contributed by atoms with Crippen LogP contribution in [0.5, 0.6) is 17.2 Å². The Kier molecular flexibility index (Phi) is 5.10. The van der Waals surface area contributed by atoms with E-state index in [0.717, 1.165) is 0 Å². The van der Waals surface area contributed by atoms with Crippen LogP contribution in [0.3, 0.4) is 0 Å². The van der Waals surface area contributed by atoms with Crippen molar-refractivity contribution in [2.24, 2.45) is 0 Å². The molecular weight excluding hydrogens is 346 g/mol. The van der Waals surface area contributed by atoms with Crippen LogP contribution in [0, 0.1) is 6.92 Å². The van der Waals surface area contributed by atoms with Gasteiger partial charge in [-0.1, -0.05) is 0 Å². The highest BCUT2D eigenvalue weighted by molar-refractivity contribution is 6.19. The SMILES string of the molecule is COc1ccc(OC)c(C(=O)c2c(C)oc3ccc(O)c(CN(C)C)c23)c1. The van der Waals surface area contributed by atoms with Gasteiger partial charge < -0.3 is 23.9 Å². The maximum atomic E-state index is 13.4. The minimum atomic E-state index is -0.243. The van der Waals surface area contributed by atoms with Crippen LogP contribution in [0.25, 0.3) is 11.0 Å². The summed E-state index contributed by atoms with van der Waals surface area (Å²) in [4.78, 5) is 15.4. The number of aromatic hydroxyl groups is 1. The van der Waals surface area contributed by atoms with Gasteiger partial charge in [-0.15, -0.1) is 0 Å². The number of methoxy groups -OCH3 is 2. The molecule has 142 valence electrons. The van der Waals surface area contributed by atoms with Gasteiger partial charge >= 0.3 is 0 Å². The quantitative estimate of drug-likeness (QED) is 0.667. The molecule has 0 aliphatic carbocycles. The van der Waals surface area contributed by atoms with Gasteiger partial charge in [0.25, 0.3) is 0 Å². The molecule has 0 unspecified atom stereocenters. The number of ether oxygens (including phenoxy) is 2. The normalized spacial score (nSPS) is 11.2. The third-order valence-electron chi connectivity index (χ3n) is 4.47. The van der Waals surface area contributed by atoms with Crippen LogP contribution in [-0.2, 0) is 6.54 Å². The number of benzene rings is 2. The summed E-state index contributed by atoms with van der Waals surface area (Å²) in [7, 11) is 6.86. The lowest BCUT2D eigenvalue weighted by Crippen LogP contribution is -2.12. The Hall–Kier alpha value is -2.99. The Morgan fingerprint density at radius 1 is 1.15 bits per heavy atom. The Bertz CT molecular complexity index is 1000. The fraction of sp³-hybridized carbons (Fsp3) is 0.286. The molecule has 0 amide bonds. The standard InChI is InChI=1S/C21H23NO5/c1-12-19(21(24)14-10-13(25-4)6-8-17(14)26-5)20-15(11-22(2)3)16(23)7-9-18(20)27-12/h6-10,23H,11H2,1-5H3. The number of aryl methyl sites for hydroxylation is 1. The molecule has 6 nitrogen and oxygen atoms in total. The van der Waals surface area contributed by atoms with Crippen LogP contribution in [0.15, 0.2) is 34.7 Å². The summed E-state index contributed by atoms with van der Waals surface area (Å²) >= 11 is 0. The highest BCUT2D eigenvalue weighted by Crippen LogP contribution is 2.37. The number of phenolic OH excluding ortho intramolecular Hbond substituents is 1. The maximum Gasteiger partial charge on any atom is 0.201 e. The summed E-state index contributed by atoms with van der Waals surface area (Å²) in [5, 5.41) is 11.0. The molecule has 3 aromatic rings. The van der Waals surface area contributed by atoms with Gasteiger partial charge in [0.2, 0.25) is 5.78 Å². The lowest BCUT2D eigenvalue weighted by atomic mass is 9.96. The molecule has 0 saturated heterocycles. The number of ketones is 1. The van der Waals surface area contributed by atoms with E-state index in [1.54, 1.807) is 44.4 Å². The number of carbonyl (C=O) groups excluding carboxylic acids is 1. The first-order chi connectivity index (χ1) is 12.9. The minimum Gasteiger partial charge on any atom is -0.508 e. The molecule has 3 rings (SSSR count). The van der Waals surface area contributed by atoms with E-state index in [0.29, 0.717) is 51.5 Å². The summed E-state index contributed by atoms with van der Waals surface area (Å²) in [6.45, 7) is 2.22. The third-order valence-corrected chi connectivity index (χ3v) is 4.47. The van der Waals surface area contributed by atoms with Gasteiger partial charge in [-0.3, -0.25) is 4.79 Å². The molecular formula is C21H23NO5. The highest BCUT2D eigenvalue weighted by atomic mass is 16.5. The van der Waals surface area contributed by atoms with Crippen LogP contribution in [0.2, 0.25) is 0 Å². The Morgan fingerprint density at radius 3 is 2.52 bits per heavy atom. The van der Waals surface area contributed by atoms with Gasteiger partial charge in [0, 0.05) is 17.5 Å². The predicted octanol–water partition coefficient (Wildman–Crippen LogP) is 3.76. The van der Waals surface area contributed by atoms with Crippen molar-refractivity contribution in [1.82, 2.24) is 4.90 Å². The van der Waals surface area contributed by atoms with Crippen molar-refractivity contribution >= 4 is 16.8 Å². The van der Waals surface area contributed by atoms with Crippen LogP contribution in [0.4, 0.5) is 0 Å². The van der Waals surface area contributed by atoms with Gasteiger partial charge in [-0.2, -0.15) is 0 Å². The van der Waals surface area contributed by atoms with Crippen molar-refractivity contribution in [3.63, 3.8) is 0 Å². The molecule has 0 fully saturated rings. The smallest absolute Gasteiger partial charge is 0.201 e. The molecule has 27 heavy (non-hydrogen) atoms. The van der Waals surface area contributed by atoms with E-state index in [9.17, 15) is 9.90 Å². The van der Waals surface area contributed by atoms with Crippen LogP contribution < -0.4 is 9.47 Å². The Balaban J connectivity index is 2.27. The Labute approximate surface area is 157 Å². The molecule has 0 aliphatic heterocycles. The van der Waals surface area contributed by atoms with Gasteiger partial charge in [0.05, 0.1) is 25.3 Å². The zero-order valence-corrected chi connectivity index (χ0v) is 16.1. The zero-order chi connectivity index (χ0) is 19.7. The van der Waals surface area contributed by atoms with Crippen molar-refractivity contribution < 1.29 is 23.8 Å². The third kappa shape index (κ3) is 3.36. The number of fused-ring (bicyclic) bond motifs is 1. The van der Waals surface area contributed by atoms with E-state index in [-0.39, 0.29) is 11.5 Å². The van der Waals surface area contributed by atoms with Crippen LogP contribution in [-0.4, -0.2) is 44.1 Å².